The number of nitrogens with zero attached hydrogens (tertiary/aromatic N) is 7. The summed E-state index contributed by atoms with van der Waals surface area (Å²) >= 11 is 1.71. The van der Waals surface area contributed by atoms with E-state index in [0.717, 1.165) is 72.4 Å². The summed E-state index contributed by atoms with van der Waals surface area (Å²) in [5.41, 5.74) is 2.44. The van der Waals surface area contributed by atoms with Crippen LogP contribution in [0.15, 0.2) is 54.1 Å². The highest BCUT2D eigenvalue weighted by atomic mass is 32.2. The van der Waals surface area contributed by atoms with Crippen LogP contribution in [0, 0.1) is 5.41 Å². The summed E-state index contributed by atoms with van der Waals surface area (Å²) in [6.07, 6.45) is 2.54. The molecule has 6 rings (SSSR count). The normalized spacial score (nSPS) is 22.2. The first-order valence-corrected chi connectivity index (χ1v) is 13.0. The van der Waals surface area contributed by atoms with Gasteiger partial charge >= 0.3 is 6.18 Å². The van der Waals surface area contributed by atoms with Gasteiger partial charge in [0.1, 0.15) is 6.33 Å². The number of hydrogen-bond acceptors (Lipinski definition) is 6. The molecule has 0 bridgehead atoms. The number of benzene rings is 1. The third-order valence-corrected chi connectivity index (χ3v) is 8.64. The number of halogens is 3. The van der Waals surface area contributed by atoms with Crippen molar-refractivity contribution in [1.29, 1.82) is 0 Å². The van der Waals surface area contributed by atoms with Gasteiger partial charge in [0.25, 0.3) is 0 Å². The van der Waals surface area contributed by atoms with Crippen molar-refractivity contribution in [1.82, 2.24) is 34.3 Å². The number of pyridine rings is 1. The van der Waals surface area contributed by atoms with Crippen molar-refractivity contribution >= 4 is 17.4 Å². The first kappa shape index (κ1) is 23.5. The second-order valence-electron chi connectivity index (χ2n) is 9.84. The summed E-state index contributed by atoms with van der Waals surface area (Å²) in [4.78, 5) is 2.50. The zero-order valence-electron chi connectivity index (χ0n) is 19.8. The van der Waals surface area contributed by atoms with Crippen molar-refractivity contribution in [3.8, 4) is 11.4 Å². The number of alkyl halides is 3. The molecule has 4 aromatic rings. The molecule has 2 unspecified atom stereocenters. The Morgan fingerprint density at radius 1 is 1.11 bits per heavy atom. The van der Waals surface area contributed by atoms with Crippen molar-refractivity contribution in [3.63, 3.8) is 0 Å². The van der Waals surface area contributed by atoms with Gasteiger partial charge in [-0.1, -0.05) is 23.9 Å². The van der Waals surface area contributed by atoms with Crippen molar-refractivity contribution in [2.24, 2.45) is 12.5 Å². The maximum absolute atomic E-state index is 12.9. The highest BCUT2D eigenvalue weighted by Crippen LogP contribution is 2.64. The minimum Gasteiger partial charge on any atom is -0.305 e. The molecule has 3 aromatic heterocycles. The fourth-order valence-electron chi connectivity index (χ4n) is 5.45. The van der Waals surface area contributed by atoms with E-state index < -0.39 is 11.7 Å². The smallest absolute Gasteiger partial charge is 0.305 e. The van der Waals surface area contributed by atoms with E-state index in [-0.39, 0.29) is 5.41 Å². The molecule has 0 N–H and O–H groups in total. The summed E-state index contributed by atoms with van der Waals surface area (Å²) in [7, 11) is 1.98. The summed E-state index contributed by atoms with van der Waals surface area (Å²) in [6, 6.07) is 9.70. The van der Waals surface area contributed by atoms with Crippen LogP contribution < -0.4 is 0 Å². The monoisotopic (exact) mass is 513 g/mol. The number of rotatable bonds is 7. The van der Waals surface area contributed by atoms with Gasteiger partial charge in [-0.05, 0) is 73.5 Å². The van der Waals surface area contributed by atoms with Crippen LogP contribution in [0.2, 0.25) is 0 Å². The number of thioether (sulfide) groups is 1. The number of aromatic nitrogens is 6. The second kappa shape index (κ2) is 8.88. The van der Waals surface area contributed by atoms with E-state index in [9.17, 15) is 13.2 Å². The molecule has 11 heteroatoms. The summed E-state index contributed by atoms with van der Waals surface area (Å²) in [5, 5.41) is 17.6. The first-order valence-electron chi connectivity index (χ1n) is 12.0. The maximum atomic E-state index is 12.9. The molecule has 2 aliphatic rings. The van der Waals surface area contributed by atoms with E-state index in [1.54, 1.807) is 30.2 Å². The average Bonchev–Trinajstić information content (AvgIpc) is 3.18. The van der Waals surface area contributed by atoms with Gasteiger partial charge < -0.3 is 9.47 Å². The van der Waals surface area contributed by atoms with Crippen molar-refractivity contribution in [3.05, 3.63) is 60.0 Å². The standard InChI is InChI=1S/C25H26F3N7S/c1-33-22(18-7-10-35-16-29-30-21(35)13-18)31-32-23(33)36-12-2-9-34-11-8-24(15-34)14-20(24)17-3-5-19(6-4-17)25(26,27)28/h3-7,10,13,16,20H,2,8-9,11-12,14-15H2,1H3. The molecule has 2 fully saturated rings. The lowest BCUT2D eigenvalue weighted by Gasteiger charge is -2.16. The van der Waals surface area contributed by atoms with Crippen molar-refractivity contribution in [2.45, 2.75) is 36.5 Å². The molecule has 1 saturated heterocycles. The minimum absolute atomic E-state index is 0.247. The Balaban J connectivity index is 0.990. The van der Waals surface area contributed by atoms with Gasteiger partial charge in [0.2, 0.25) is 0 Å². The van der Waals surface area contributed by atoms with Crippen LogP contribution in [-0.4, -0.2) is 59.6 Å². The van der Waals surface area contributed by atoms with Crippen molar-refractivity contribution in [2.75, 3.05) is 25.4 Å². The quantitative estimate of drug-likeness (QED) is 0.259. The SMILES string of the molecule is Cn1c(SCCCN2CCC3(CC3c3ccc(C(F)(F)F)cc3)C2)nnc1-c1ccn2cnnc2c1. The molecule has 7 nitrogen and oxygen atoms in total. The summed E-state index contributed by atoms with van der Waals surface area (Å²) in [5.74, 6) is 2.13. The van der Waals surface area contributed by atoms with Gasteiger partial charge in [-0.15, -0.1) is 20.4 Å². The molecule has 2 atom stereocenters. The zero-order chi connectivity index (χ0) is 24.9. The van der Waals surface area contributed by atoms with Crippen LogP contribution >= 0.6 is 11.8 Å². The number of likely N-dealkylation sites (tertiary alicyclic amines) is 1. The molecule has 36 heavy (non-hydrogen) atoms. The highest BCUT2D eigenvalue weighted by molar-refractivity contribution is 7.99. The Morgan fingerprint density at radius 3 is 2.75 bits per heavy atom. The van der Waals surface area contributed by atoms with Gasteiger partial charge in [-0.2, -0.15) is 13.2 Å². The lowest BCUT2D eigenvalue weighted by molar-refractivity contribution is -0.137. The molecule has 4 heterocycles. The lowest BCUT2D eigenvalue weighted by Crippen LogP contribution is -2.23. The second-order valence-corrected chi connectivity index (χ2v) is 10.9. The summed E-state index contributed by atoms with van der Waals surface area (Å²) in [6.45, 7) is 3.10. The average molecular weight is 514 g/mol. The predicted molar refractivity (Wildman–Crippen MR) is 131 cm³/mol. The highest BCUT2D eigenvalue weighted by Gasteiger charge is 2.57. The van der Waals surface area contributed by atoms with Crippen molar-refractivity contribution < 1.29 is 13.2 Å². The van der Waals surface area contributed by atoms with Crippen LogP contribution in [0.25, 0.3) is 17.0 Å². The Morgan fingerprint density at radius 2 is 1.94 bits per heavy atom. The van der Waals surface area contributed by atoms with Crippen LogP contribution in [-0.2, 0) is 13.2 Å². The van der Waals surface area contributed by atoms with Gasteiger partial charge in [-0.3, -0.25) is 4.40 Å². The van der Waals surface area contributed by atoms with Crippen LogP contribution in [0.3, 0.4) is 0 Å². The molecule has 188 valence electrons. The van der Waals surface area contributed by atoms with Gasteiger partial charge in [0.05, 0.1) is 5.56 Å². The molecule has 1 aliphatic heterocycles. The fraction of sp³-hybridized carbons (Fsp3) is 0.440. The Kier molecular flexibility index (Phi) is 5.79. The Labute approximate surface area is 210 Å². The molecule has 1 aliphatic carbocycles. The van der Waals surface area contributed by atoms with Crippen LogP contribution in [0.4, 0.5) is 13.2 Å². The zero-order valence-corrected chi connectivity index (χ0v) is 20.6. The third kappa shape index (κ3) is 4.39. The van der Waals surface area contributed by atoms with E-state index in [0.29, 0.717) is 5.92 Å². The molecule has 0 amide bonds. The van der Waals surface area contributed by atoms with Crippen LogP contribution in [0.1, 0.15) is 36.3 Å². The fourth-order valence-corrected chi connectivity index (χ4v) is 6.28. The number of fused-ring (bicyclic) bond motifs is 1. The van der Waals surface area contributed by atoms with E-state index >= 15 is 0 Å². The topological polar surface area (TPSA) is 64.1 Å². The Hall–Kier alpha value is -2.92. The van der Waals surface area contributed by atoms with Gasteiger partial charge in [-0.25, -0.2) is 0 Å². The summed E-state index contributed by atoms with van der Waals surface area (Å²) < 4.78 is 42.4. The minimum atomic E-state index is -4.28. The lowest BCUT2D eigenvalue weighted by atomic mass is 9.97. The predicted octanol–water partition coefficient (Wildman–Crippen LogP) is 4.91. The van der Waals surface area contributed by atoms with E-state index in [1.165, 1.54) is 12.1 Å². The maximum Gasteiger partial charge on any atom is 0.416 e. The van der Waals surface area contributed by atoms with Crippen LogP contribution in [0.5, 0.6) is 0 Å². The molecule has 0 radical (unpaired) electrons. The Bertz CT molecular complexity index is 1380. The van der Waals surface area contributed by atoms with Gasteiger partial charge in [0, 0.05) is 31.1 Å². The first-order chi connectivity index (χ1) is 17.3. The van der Waals surface area contributed by atoms with E-state index in [2.05, 4.69) is 25.3 Å². The molecular weight excluding hydrogens is 487 g/mol. The largest absolute Gasteiger partial charge is 0.416 e. The third-order valence-electron chi connectivity index (χ3n) is 7.54. The molecule has 1 aromatic carbocycles. The molecule has 1 spiro atoms. The van der Waals surface area contributed by atoms with Gasteiger partial charge in [0.15, 0.2) is 16.6 Å². The molecule has 1 saturated carbocycles. The van der Waals surface area contributed by atoms with E-state index in [4.69, 9.17) is 0 Å². The molecular formula is C25H26F3N7S. The van der Waals surface area contributed by atoms with E-state index in [1.807, 2.05) is 34.3 Å². The number of hydrogen-bond donors (Lipinski definition) is 0.